The highest BCUT2D eigenvalue weighted by Crippen LogP contribution is 2.35. The van der Waals surface area contributed by atoms with Crippen molar-refractivity contribution in [2.75, 3.05) is 39.1 Å². The molecule has 0 bridgehead atoms. The Hall–Kier alpha value is -3.95. The fourth-order valence-electron chi connectivity index (χ4n) is 5.01. The molecule has 2 aromatic heterocycles. The van der Waals surface area contributed by atoms with Crippen LogP contribution in [-0.4, -0.2) is 70.1 Å². The van der Waals surface area contributed by atoms with Crippen LogP contribution in [0.4, 0.5) is 17.2 Å². The minimum atomic E-state index is 0.0186. The number of anilines is 2. The van der Waals surface area contributed by atoms with Gasteiger partial charge in [0.25, 0.3) is 6.02 Å². The molecule has 39 heavy (non-hydrogen) atoms. The van der Waals surface area contributed by atoms with E-state index in [0.29, 0.717) is 35.8 Å². The number of pyridine rings is 1. The lowest BCUT2D eigenvalue weighted by Crippen LogP contribution is -2.52. The number of nitrogens with one attached hydrogen (secondary N) is 1. The number of hydrogen-bond donors (Lipinski definition) is 1. The van der Waals surface area contributed by atoms with Crippen molar-refractivity contribution in [3.8, 4) is 5.75 Å². The van der Waals surface area contributed by atoms with Crippen molar-refractivity contribution in [2.24, 2.45) is 4.99 Å². The van der Waals surface area contributed by atoms with Crippen molar-refractivity contribution in [1.82, 2.24) is 24.8 Å². The van der Waals surface area contributed by atoms with Gasteiger partial charge in [-0.05, 0) is 68.4 Å². The Labute approximate surface area is 232 Å². The first-order valence-corrected chi connectivity index (χ1v) is 13.3. The van der Waals surface area contributed by atoms with E-state index in [9.17, 15) is 0 Å². The van der Waals surface area contributed by atoms with Crippen molar-refractivity contribution in [3.05, 3.63) is 77.8 Å². The van der Waals surface area contributed by atoms with Gasteiger partial charge < -0.3 is 24.6 Å². The number of halogens is 1. The second kappa shape index (κ2) is 10.7. The average molecular weight is 544 g/mol. The van der Waals surface area contributed by atoms with Crippen LogP contribution in [0.3, 0.4) is 0 Å². The Morgan fingerprint density at radius 3 is 2.72 bits per heavy atom. The molecular formula is C29H30ClN7O2. The van der Waals surface area contributed by atoms with Gasteiger partial charge in [-0.3, -0.25) is 4.98 Å². The van der Waals surface area contributed by atoms with Crippen molar-refractivity contribution in [1.29, 1.82) is 0 Å². The number of fused-ring (bicyclic) bond motifs is 1. The normalized spacial score (nSPS) is 18.0. The van der Waals surface area contributed by atoms with Gasteiger partial charge in [-0.15, -0.1) is 0 Å². The zero-order chi connectivity index (χ0) is 26.8. The van der Waals surface area contributed by atoms with Gasteiger partial charge in [0.05, 0.1) is 27.5 Å². The summed E-state index contributed by atoms with van der Waals surface area (Å²) in [5.41, 5.74) is 3.22. The van der Waals surface area contributed by atoms with E-state index in [0.717, 1.165) is 53.9 Å². The number of amidine groups is 1. The lowest BCUT2D eigenvalue weighted by atomic mass is 9.88. The molecule has 0 aliphatic carbocycles. The molecule has 2 aliphatic heterocycles. The Balaban J connectivity index is 1.21. The predicted molar refractivity (Wildman–Crippen MR) is 153 cm³/mol. The van der Waals surface area contributed by atoms with E-state index in [-0.39, 0.29) is 5.54 Å². The third-order valence-electron chi connectivity index (χ3n) is 7.53. The fourth-order valence-corrected chi connectivity index (χ4v) is 5.24. The number of likely N-dealkylation sites (tertiary alicyclic amines) is 1. The van der Waals surface area contributed by atoms with Crippen molar-refractivity contribution >= 4 is 45.7 Å². The maximum Gasteiger partial charge on any atom is 0.292 e. The molecule has 10 heteroatoms. The van der Waals surface area contributed by atoms with Gasteiger partial charge in [0.2, 0.25) is 0 Å². The first kappa shape index (κ1) is 25.3. The van der Waals surface area contributed by atoms with Gasteiger partial charge in [-0.25, -0.2) is 9.97 Å². The van der Waals surface area contributed by atoms with Gasteiger partial charge in [-0.2, -0.15) is 4.99 Å². The standard InChI is InChI=1S/C29H30ClN7O2/c1-36-13-10-29(11-14-36)18-39-28(37(29)2)35-20-6-8-25-23(15-20)27(33-19-32-25)34-21-7-9-26(24(30)16-21)38-17-22-5-3-4-12-31-22/h3-9,12,15-16,19H,10-11,13-14,17-18H2,1-2H3,(H,32,33,34). The Morgan fingerprint density at radius 2 is 1.92 bits per heavy atom. The lowest BCUT2D eigenvalue weighted by molar-refractivity contribution is 0.101. The molecule has 9 nitrogen and oxygen atoms in total. The summed E-state index contributed by atoms with van der Waals surface area (Å²) >= 11 is 6.53. The fraction of sp³-hybridized carbons (Fsp3) is 0.310. The summed E-state index contributed by atoms with van der Waals surface area (Å²) in [6.45, 7) is 3.13. The van der Waals surface area contributed by atoms with Crippen LogP contribution >= 0.6 is 11.6 Å². The van der Waals surface area contributed by atoms with Crippen LogP contribution < -0.4 is 10.1 Å². The molecule has 6 rings (SSSR count). The molecule has 4 aromatic rings. The largest absolute Gasteiger partial charge is 0.486 e. The van der Waals surface area contributed by atoms with Crippen LogP contribution in [-0.2, 0) is 11.3 Å². The summed E-state index contributed by atoms with van der Waals surface area (Å²) in [5.74, 6) is 1.24. The molecular weight excluding hydrogens is 514 g/mol. The Kier molecular flexibility index (Phi) is 6.93. The van der Waals surface area contributed by atoms with E-state index >= 15 is 0 Å². The molecule has 2 fully saturated rings. The van der Waals surface area contributed by atoms with Crippen molar-refractivity contribution in [2.45, 2.75) is 25.0 Å². The number of ether oxygens (including phenoxy) is 2. The Bertz CT molecular complexity index is 1510. The van der Waals surface area contributed by atoms with E-state index in [1.54, 1.807) is 12.5 Å². The van der Waals surface area contributed by atoms with Crippen LogP contribution in [0.2, 0.25) is 5.02 Å². The number of aromatic nitrogens is 3. The quantitative estimate of drug-likeness (QED) is 0.345. The highest BCUT2D eigenvalue weighted by atomic mass is 35.5. The number of nitrogens with zero attached hydrogens (tertiary/aromatic N) is 6. The maximum absolute atomic E-state index is 6.53. The highest BCUT2D eigenvalue weighted by molar-refractivity contribution is 6.32. The average Bonchev–Trinajstić information content (AvgIpc) is 3.25. The molecule has 1 N–H and O–H groups in total. The van der Waals surface area contributed by atoms with Gasteiger partial charge in [0, 0.05) is 37.4 Å². The number of aliphatic imine (C=N–C) groups is 1. The van der Waals surface area contributed by atoms with Crippen LogP contribution in [0, 0.1) is 0 Å². The molecule has 2 aromatic carbocycles. The molecule has 0 radical (unpaired) electrons. The lowest BCUT2D eigenvalue weighted by Gasteiger charge is -2.40. The summed E-state index contributed by atoms with van der Waals surface area (Å²) in [4.78, 5) is 22.6. The van der Waals surface area contributed by atoms with Crippen molar-refractivity contribution in [3.63, 3.8) is 0 Å². The summed E-state index contributed by atoms with van der Waals surface area (Å²) in [5, 5.41) is 4.71. The maximum atomic E-state index is 6.53. The van der Waals surface area contributed by atoms with Crippen LogP contribution in [0.25, 0.3) is 10.9 Å². The molecule has 1 spiro atoms. The van der Waals surface area contributed by atoms with Gasteiger partial charge >= 0.3 is 0 Å². The number of benzene rings is 2. The number of hydrogen-bond acceptors (Lipinski definition) is 8. The van der Waals surface area contributed by atoms with Gasteiger partial charge in [0.15, 0.2) is 0 Å². The molecule has 2 aliphatic rings. The number of likely N-dealkylation sites (N-methyl/N-ethyl adjacent to an activating group) is 1. The van der Waals surface area contributed by atoms with E-state index in [4.69, 9.17) is 26.1 Å². The number of rotatable bonds is 6. The van der Waals surface area contributed by atoms with Gasteiger partial charge in [0.1, 0.15) is 31.1 Å². The summed E-state index contributed by atoms with van der Waals surface area (Å²) in [7, 11) is 4.25. The molecule has 0 atom stereocenters. The zero-order valence-corrected chi connectivity index (χ0v) is 22.7. The minimum Gasteiger partial charge on any atom is -0.486 e. The Morgan fingerprint density at radius 1 is 1.05 bits per heavy atom. The van der Waals surface area contributed by atoms with Gasteiger partial charge in [-0.1, -0.05) is 17.7 Å². The topological polar surface area (TPSA) is 88.0 Å². The minimum absolute atomic E-state index is 0.0186. The SMILES string of the molecule is CN1CCC2(CC1)COC(=Nc1ccc3ncnc(Nc4ccc(OCc5ccccn5)c(Cl)c4)c3c1)N2C. The summed E-state index contributed by atoms with van der Waals surface area (Å²) in [6.07, 6.45) is 5.41. The molecule has 0 amide bonds. The van der Waals surface area contributed by atoms with Crippen LogP contribution in [0.5, 0.6) is 5.75 Å². The summed E-state index contributed by atoms with van der Waals surface area (Å²) < 4.78 is 11.9. The molecule has 0 saturated carbocycles. The second-order valence-corrected chi connectivity index (χ2v) is 10.5. The molecule has 4 heterocycles. The monoisotopic (exact) mass is 543 g/mol. The summed E-state index contributed by atoms with van der Waals surface area (Å²) in [6, 6.07) is 17.8. The molecule has 2 saturated heterocycles. The first-order valence-electron chi connectivity index (χ1n) is 13.0. The van der Waals surface area contributed by atoms with E-state index in [1.165, 1.54) is 0 Å². The van der Waals surface area contributed by atoms with Crippen LogP contribution in [0.15, 0.2) is 72.1 Å². The van der Waals surface area contributed by atoms with Crippen molar-refractivity contribution < 1.29 is 9.47 Å². The predicted octanol–water partition coefficient (Wildman–Crippen LogP) is 5.41. The smallest absolute Gasteiger partial charge is 0.292 e. The second-order valence-electron chi connectivity index (χ2n) is 10.1. The third kappa shape index (κ3) is 5.32. The highest BCUT2D eigenvalue weighted by Gasteiger charge is 2.45. The first-order chi connectivity index (χ1) is 19.0. The van der Waals surface area contributed by atoms with E-state index < -0.39 is 0 Å². The van der Waals surface area contributed by atoms with Crippen LogP contribution in [0.1, 0.15) is 18.5 Å². The molecule has 0 unspecified atom stereocenters. The van der Waals surface area contributed by atoms with E-state index in [1.807, 2.05) is 54.6 Å². The van der Waals surface area contributed by atoms with E-state index in [2.05, 4.69) is 44.2 Å². The number of piperidine rings is 1. The third-order valence-corrected chi connectivity index (χ3v) is 7.82. The zero-order valence-electron chi connectivity index (χ0n) is 22.0. The molecule has 200 valence electrons.